The summed E-state index contributed by atoms with van der Waals surface area (Å²) in [6.07, 6.45) is 0.292. The Morgan fingerprint density at radius 1 is 1.04 bits per heavy atom. The van der Waals surface area contributed by atoms with Gasteiger partial charge < -0.3 is 10.1 Å². The lowest BCUT2D eigenvalue weighted by Gasteiger charge is -2.11. The second kappa shape index (κ2) is 6.71. The smallest absolute Gasteiger partial charge is 0.228 e. The van der Waals surface area contributed by atoms with Crippen molar-refractivity contribution in [2.75, 3.05) is 12.4 Å². The third kappa shape index (κ3) is 3.63. The number of hydrogen-bond donors (Lipinski definition) is 1. The van der Waals surface area contributed by atoms with E-state index < -0.39 is 0 Å². The molecule has 0 aliphatic rings. The lowest BCUT2D eigenvalue weighted by Crippen LogP contribution is -2.15. The first-order chi connectivity index (χ1) is 11.2. The maximum atomic E-state index is 12.3. The van der Waals surface area contributed by atoms with Crippen molar-refractivity contribution in [2.24, 2.45) is 0 Å². The Hall–Kier alpha value is -2.52. The van der Waals surface area contributed by atoms with Crippen LogP contribution in [0.25, 0.3) is 10.8 Å². The molecule has 0 fully saturated rings. The van der Waals surface area contributed by atoms with E-state index in [1.165, 1.54) is 0 Å². The highest BCUT2D eigenvalue weighted by Crippen LogP contribution is 2.27. The Kier molecular flexibility index (Phi) is 4.49. The van der Waals surface area contributed by atoms with Crippen molar-refractivity contribution in [2.45, 2.75) is 6.42 Å². The molecule has 0 bridgehead atoms. The van der Waals surface area contributed by atoms with Crippen molar-refractivity contribution in [1.82, 2.24) is 0 Å². The maximum Gasteiger partial charge on any atom is 0.228 e. The number of nitrogens with one attached hydrogen (secondary N) is 1. The van der Waals surface area contributed by atoms with Gasteiger partial charge in [0.25, 0.3) is 0 Å². The molecule has 0 aliphatic heterocycles. The summed E-state index contributed by atoms with van der Waals surface area (Å²) >= 11 is 5.98. The van der Waals surface area contributed by atoms with Gasteiger partial charge in [0.05, 0.1) is 19.2 Å². The molecule has 116 valence electrons. The van der Waals surface area contributed by atoms with Crippen LogP contribution in [0, 0.1) is 0 Å². The van der Waals surface area contributed by atoms with Crippen LogP contribution in [0.2, 0.25) is 5.02 Å². The van der Waals surface area contributed by atoms with Crippen molar-refractivity contribution < 1.29 is 9.53 Å². The van der Waals surface area contributed by atoms with E-state index in [0.717, 1.165) is 16.3 Å². The number of benzene rings is 3. The highest BCUT2D eigenvalue weighted by molar-refractivity contribution is 6.31. The lowest BCUT2D eigenvalue weighted by molar-refractivity contribution is -0.115. The fraction of sp³-hybridized carbons (Fsp3) is 0.105. The van der Waals surface area contributed by atoms with Gasteiger partial charge in [0, 0.05) is 5.02 Å². The second-order valence-electron chi connectivity index (χ2n) is 5.25. The van der Waals surface area contributed by atoms with Gasteiger partial charge in [-0.15, -0.1) is 0 Å². The van der Waals surface area contributed by atoms with Gasteiger partial charge in [0.15, 0.2) is 0 Å². The van der Waals surface area contributed by atoms with Crippen molar-refractivity contribution in [3.8, 4) is 5.75 Å². The molecule has 4 heteroatoms. The number of ether oxygens (including phenoxy) is 1. The molecule has 23 heavy (non-hydrogen) atoms. The first kappa shape index (κ1) is 15.4. The van der Waals surface area contributed by atoms with Crippen LogP contribution >= 0.6 is 11.6 Å². The minimum absolute atomic E-state index is 0.110. The number of anilines is 1. The molecule has 0 atom stereocenters. The average Bonchev–Trinajstić information content (AvgIpc) is 2.55. The minimum atomic E-state index is -0.110. The molecule has 1 amide bonds. The standard InChI is InChI=1S/C19H16ClNO2/c1-23-18-9-8-16(20)12-17(18)21-19(22)11-13-6-7-14-4-2-3-5-15(14)10-13/h2-10,12H,11H2,1H3,(H,21,22). The van der Waals surface area contributed by atoms with Crippen molar-refractivity contribution in [3.05, 3.63) is 71.2 Å². The summed E-state index contributed by atoms with van der Waals surface area (Å²) in [5.74, 6) is 0.474. The van der Waals surface area contributed by atoms with Crippen LogP contribution in [-0.2, 0) is 11.2 Å². The summed E-state index contributed by atoms with van der Waals surface area (Å²) in [5, 5.41) is 5.68. The molecule has 0 spiro atoms. The Morgan fingerprint density at radius 3 is 2.61 bits per heavy atom. The predicted octanol–water partition coefficient (Wildman–Crippen LogP) is 4.68. The van der Waals surface area contributed by atoms with E-state index in [2.05, 4.69) is 11.4 Å². The zero-order valence-electron chi connectivity index (χ0n) is 12.7. The van der Waals surface area contributed by atoms with Crippen LogP contribution < -0.4 is 10.1 Å². The number of amides is 1. The highest BCUT2D eigenvalue weighted by Gasteiger charge is 2.09. The monoisotopic (exact) mass is 325 g/mol. The zero-order chi connectivity index (χ0) is 16.2. The Bertz CT molecular complexity index is 861. The Morgan fingerprint density at radius 2 is 1.83 bits per heavy atom. The molecule has 0 unspecified atom stereocenters. The molecule has 1 N–H and O–H groups in total. The SMILES string of the molecule is COc1ccc(Cl)cc1NC(=O)Cc1ccc2ccccc2c1. The normalized spacial score (nSPS) is 10.5. The van der Waals surface area contributed by atoms with Gasteiger partial charge in [-0.2, -0.15) is 0 Å². The molecule has 0 saturated carbocycles. The molecule has 3 aromatic carbocycles. The maximum absolute atomic E-state index is 12.3. The summed E-state index contributed by atoms with van der Waals surface area (Å²) in [5.41, 5.74) is 1.54. The number of methoxy groups -OCH3 is 1. The van der Waals surface area contributed by atoms with Crippen LogP contribution in [0.1, 0.15) is 5.56 Å². The number of halogens is 1. The minimum Gasteiger partial charge on any atom is -0.495 e. The number of fused-ring (bicyclic) bond motifs is 1. The van der Waals surface area contributed by atoms with E-state index in [9.17, 15) is 4.79 Å². The van der Waals surface area contributed by atoms with Crippen LogP contribution in [0.4, 0.5) is 5.69 Å². The number of hydrogen-bond acceptors (Lipinski definition) is 2. The van der Waals surface area contributed by atoms with Gasteiger partial charge in [0.2, 0.25) is 5.91 Å². The average molecular weight is 326 g/mol. The van der Waals surface area contributed by atoms with E-state index in [1.54, 1.807) is 25.3 Å². The van der Waals surface area contributed by atoms with Gasteiger partial charge >= 0.3 is 0 Å². The molecule has 0 aromatic heterocycles. The van der Waals surface area contributed by atoms with Crippen LogP contribution in [0.3, 0.4) is 0 Å². The van der Waals surface area contributed by atoms with Gasteiger partial charge in [-0.3, -0.25) is 4.79 Å². The van der Waals surface area contributed by atoms with E-state index >= 15 is 0 Å². The summed E-state index contributed by atoms with van der Waals surface area (Å²) < 4.78 is 5.24. The summed E-state index contributed by atoms with van der Waals surface area (Å²) in [6.45, 7) is 0. The zero-order valence-corrected chi connectivity index (χ0v) is 13.4. The second-order valence-corrected chi connectivity index (χ2v) is 5.69. The molecular weight excluding hydrogens is 310 g/mol. The molecular formula is C19H16ClNO2. The van der Waals surface area contributed by atoms with Gasteiger partial charge in [-0.1, -0.05) is 54.1 Å². The Balaban J connectivity index is 1.77. The fourth-order valence-electron chi connectivity index (χ4n) is 2.51. The number of carbonyl (C=O) groups excluding carboxylic acids is 1. The first-order valence-corrected chi connectivity index (χ1v) is 7.64. The van der Waals surface area contributed by atoms with Gasteiger partial charge in [-0.25, -0.2) is 0 Å². The molecule has 0 radical (unpaired) electrons. The summed E-state index contributed by atoms with van der Waals surface area (Å²) in [7, 11) is 1.56. The van der Waals surface area contributed by atoms with Gasteiger partial charge in [-0.05, 0) is 34.5 Å². The first-order valence-electron chi connectivity index (χ1n) is 7.27. The molecule has 3 aromatic rings. The largest absolute Gasteiger partial charge is 0.495 e. The lowest BCUT2D eigenvalue weighted by atomic mass is 10.0. The quantitative estimate of drug-likeness (QED) is 0.756. The van der Waals surface area contributed by atoms with Crippen LogP contribution in [0.5, 0.6) is 5.75 Å². The van der Waals surface area contributed by atoms with E-state index in [0.29, 0.717) is 22.9 Å². The molecule has 0 heterocycles. The highest BCUT2D eigenvalue weighted by atomic mass is 35.5. The third-order valence-corrected chi connectivity index (χ3v) is 3.85. The Labute approximate surface area is 139 Å². The third-order valence-electron chi connectivity index (χ3n) is 3.61. The summed E-state index contributed by atoms with van der Waals surface area (Å²) in [4.78, 5) is 12.3. The number of carbonyl (C=O) groups is 1. The fourth-order valence-corrected chi connectivity index (χ4v) is 2.68. The van der Waals surface area contributed by atoms with Crippen molar-refractivity contribution in [1.29, 1.82) is 0 Å². The molecule has 3 nitrogen and oxygen atoms in total. The van der Waals surface area contributed by atoms with Crippen molar-refractivity contribution >= 4 is 34.0 Å². The predicted molar refractivity (Wildman–Crippen MR) is 94.3 cm³/mol. The summed E-state index contributed by atoms with van der Waals surface area (Å²) in [6, 6.07) is 19.2. The molecule has 0 aliphatic carbocycles. The van der Waals surface area contributed by atoms with E-state index in [1.807, 2.05) is 36.4 Å². The van der Waals surface area contributed by atoms with E-state index in [4.69, 9.17) is 16.3 Å². The van der Waals surface area contributed by atoms with E-state index in [-0.39, 0.29) is 5.91 Å². The van der Waals surface area contributed by atoms with Crippen LogP contribution in [0.15, 0.2) is 60.7 Å². The van der Waals surface area contributed by atoms with Crippen molar-refractivity contribution in [3.63, 3.8) is 0 Å². The topological polar surface area (TPSA) is 38.3 Å². The van der Waals surface area contributed by atoms with Crippen LogP contribution in [-0.4, -0.2) is 13.0 Å². The number of rotatable bonds is 4. The molecule has 3 rings (SSSR count). The van der Waals surface area contributed by atoms with Gasteiger partial charge in [0.1, 0.15) is 5.75 Å². The molecule has 0 saturated heterocycles.